The van der Waals surface area contributed by atoms with Crippen LogP contribution in [0.5, 0.6) is 0 Å². The zero-order valence-electron chi connectivity index (χ0n) is 17.7. The molecule has 0 saturated carbocycles. The highest BCUT2D eigenvalue weighted by Gasteiger charge is 2.34. The van der Waals surface area contributed by atoms with Crippen LogP contribution in [0.4, 0.5) is 18.9 Å². The molecule has 0 radical (unpaired) electrons. The summed E-state index contributed by atoms with van der Waals surface area (Å²) in [4.78, 5) is 12.9. The molecular formula is C20H23F3N2O5S2. The van der Waals surface area contributed by atoms with Crippen molar-refractivity contribution < 1.29 is 34.8 Å². The first-order valence-electron chi connectivity index (χ1n) is 9.29. The summed E-state index contributed by atoms with van der Waals surface area (Å²) in [7, 11) is -7.50. The maximum Gasteiger partial charge on any atom is 0.416 e. The summed E-state index contributed by atoms with van der Waals surface area (Å²) >= 11 is 0. The van der Waals surface area contributed by atoms with Crippen molar-refractivity contribution in [1.82, 2.24) is 5.32 Å². The fraction of sp³-hybridized carbons (Fsp3) is 0.350. The van der Waals surface area contributed by atoms with E-state index in [0.29, 0.717) is 15.9 Å². The first-order chi connectivity index (χ1) is 14.5. The van der Waals surface area contributed by atoms with Gasteiger partial charge in [0.15, 0.2) is 9.84 Å². The van der Waals surface area contributed by atoms with E-state index < -0.39 is 49.6 Å². The normalized spacial score (nSPS) is 14.5. The first kappa shape index (κ1) is 25.7. The second-order valence-corrected chi connectivity index (χ2v) is 11.2. The Balaban J connectivity index is 2.29. The van der Waals surface area contributed by atoms with Gasteiger partial charge in [-0.05, 0) is 49.7 Å². The number of alkyl halides is 3. The van der Waals surface area contributed by atoms with Gasteiger partial charge in [-0.2, -0.15) is 13.2 Å². The predicted molar refractivity (Wildman–Crippen MR) is 114 cm³/mol. The monoisotopic (exact) mass is 492 g/mol. The Morgan fingerprint density at radius 1 is 0.969 bits per heavy atom. The van der Waals surface area contributed by atoms with Crippen LogP contribution in [0.2, 0.25) is 0 Å². The molecule has 0 aliphatic carbocycles. The molecule has 2 rings (SSSR count). The molecule has 2 aromatic carbocycles. The summed E-state index contributed by atoms with van der Waals surface area (Å²) < 4.78 is 87.6. The molecule has 7 nitrogen and oxygen atoms in total. The molecule has 12 heteroatoms. The number of sulfonamides is 1. The summed E-state index contributed by atoms with van der Waals surface area (Å²) in [5, 5.41) is 2.60. The topological polar surface area (TPSA) is 101 Å². The highest BCUT2D eigenvalue weighted by molar-refractivity contribution is 7.92. The number of carbonyl (C=O) groups is 1. The molecule has 1 amide bonds. The van der Waals surface area contributed by atoms with E-state index in [0.717, 1.165) is 24.6 Å². The lowest BCUT2D eigenvalue weighted by molar-refractivity contribution is -0.137. The summed E-state index contributed by atoms with van der Waals surface area (Å²) in [5.41, 5.74) is -0.784. The average molecular weight is 493 g/mol. The molecule has 0 saturated heterocycles. The van der Waals surface area contributed by atoms with E-state index in [1.165, 1.54) is 37.3 Å². The van der Waals surface area contributed by atoms with E-state index in [-0.39, 0.29) is 10.6 Å². The second kappa shape index (κ2) is 9.10. The van der Waals surface area contributed by atoms with Gasteiger partial charge in [0, 0.05) is 6.26 Å². The lowest BCUT2D eigenvalue weighted by Gasteiger charge is -2.29. The van der Waals surface area contributed by atoms with Gasteiger partial charge < -0.3 is 5.32 Å². The minimum absolute atomic E-state index is 0.0981. The van der Waals surface area contributed by atoms with Crippen LogP contribution in [0, 0.1) is 0 Å². The number of hydrogen-bond donors (Lipinski definition) is 1. The van der Waals surface area contributed by atoms with Crippen molar-refractivity contribution in [2.24, 2.45) is 0 Å². The molecule has 0 fully saturated rings. The molecule has 0 unspecified atom stereocenters. The summed E-state index contributed by atoms with van der Waals surface area (Å²) in [6.45, 7) is 2.87. The largest absolute Gasteiger partial charge is 0.416 e. The van der Waals surface area contributed by atoms with Crippen molar-refractivity contribution >= 4 is 31.5 Å². The van der Waals surface area contributed by atoms with Gasteiger partial charge >= 0.3 is 6.18 Å². The number of nitrogens with zero attached hydrogens (tertiary/aromatic N) is 1. The third-order valence-corrected chi connectivity index (χ3v) is 7.05. The van der Waals surface area contributed by atoms with E-state index in [1.807, 2.05) is 0 Å². The zero-order valence-corrected chi connectivity index (χ0v) is 19.3. The molecule has 2 atom stereocenters. The van der Waals surface area contributed by atoms with E-state index >= 15 is 0 Å². The Morgan fingerprint density at radius 2 is 1.53 bits per heavy atom. The minimum Gasteiger partial charge on any atom is -0.348 e. The zero-order chi connectivity index (χ0) is 24.5. The van der Waals surface area contributed by atoms with Gasteiger partial charge in [0.2, 0.25) is 15.9 Å². The maximum absolute atomic E-state index is 13.1. The standard InChI is InChI=1S/C20H23F3N2O5S2/c1-13(15-8-10-18(11-9-15)31(3,27)28)24-19(26)14(2)25(32(4,29)30)17-7-5-6-16(12-17)20(21,22)23/h5-14H,1-4H3,(H,24,26)/t13-,14+/m1/s1. The molecule has 1 N–H and O–H groups in total. The van der Waals surface area contributed by atoms with Crippen molar-refractivity contribution in [2.45, 2.75) is 37.0 Å². The molecule has 0 spiro atoms. The van der Waals surface area contributed by atoms with Gasteiger partial charge in [0.25, 0.3) is 0 Å². The fourth-order valence-corrected chi connectivity index (χ4v) is 4.85. The van der Waals surface area contributed by atoms with Gasteiger partial charge in [-0.3, -0.25) is 9.10 Å². The number of sulfone groups is 1. The molecular weight excluding hydrogens is 469 g/mol. The van der Waals surface area contributed by atoms with Gasteiger partial charge in [-0.15, -0.1) is 0 Å². The lowest BCUT2D eigenvalue weighted by Crippen LogP contribution is -2.48. The van der Waals surface area contributed by atoms with Gasteiger partial charge in [-0.1, -0.05) is 18.2 Å². The minimum atomic E-state index is -4.68. The van der Waals surface area contributed by atoms with Crippen molar-refractivity contribution in [3.63, 3.8) is 0 Å². The summed E-state index contributed by atoms with van der Waals surface area (Å²) in [6.07, 6.45) is -2.83. The Hall–Kier alpha value is -2.60. The van der Waals surface area contributed by atoms with Crippen molar-refractivity contribution in [3.8, 4) is 0 Å². The summed E-state index contributed by atoms with van der Waals surface area (Å²) in [6, 6.07) is 7.49. The van der Waals surface area contributed by atoms with Gasteiger partial charge in [-0.25, -0.2) is 16.8 Å². The van der Waals surface area contributed by atoms with Crippen LogP contribution in [0.1, 0.15) is 31.0 Å². The van der Waals surface area contributed by atoms with Crippen LogP contribution in [-0.2, 0) is 30.8 Å². The fourth-order valence-electron chi connectivity index (χ4n) is 3.05. The van der Waals surface area contributed by atoms with E-state index in [9.17, 15) is 34.8 Å². The summed E-state index contributed by atoms with van der Waals surface area (Å²) in [5.74, 6) is -0.743. The van der Waals surface area contributed by atoms with Crippen LogP contribution in [-0.4, -0.2) is 41.3 Å². The highest BCUT2D eigenvalue weighted by Crippen LogP contribution is 2.33. The third kappa shape index (κ3) is 6.22. The number of benzene rings is 2. The number of halogens is 3. The average Bonchev–Trinajstić information content (AvgIpc) is 2.66. The maximum atomic E-state index is 13.1. The van der Waals surface area contributed by atoms with Crippen molar-refractivity contribution in [3.05, 3.63) is 59.7 Å². The molecule has 0 aliphatic rings. The van der Waals surface area contributed by atoms with Gasteiger partial charge in [0.1, 0.15) is 6.04 Å². The molecule has 0 heterocycles. The predicted octanol–water partition coefficient (Wildman–Crippen LogP) is 3.14. The van der Waals surface area contributed by atoms with Crippen LogP contribution < -0.4 is 9.62 Å². The number of rotatable bonds is 7. The molecule has 32 heavy (non-hydrogen) atoms. The number of hydrogen-bond acceptors (Lipinski definition) is 5. The SMILES string of the molecule is C[C@@H](NC(=O)[C@H](C)N(c1cccc(C(F)(F)F)c1)S(C)(=O)=O)c1ccc(S(C)(=O)=O)cc1. The molecule has 2 aromatic rings. The molecule has 0 aromatic heterocycles. The Morgan fingerprint density at radius 3 is 2.00 bits per heavy atom. The smallest absolute Gasteiger partial charge is 0.348 e. The Labute approximate surface area is 185 Å². The Bertz CT molecular complexity index is 1190. The van der Waals surface area contributed by atoms with E-state index in [2.05, 4.69) is 5.32 Å². The number of nitrogens with one attached hydrogen (secondary N) is 1. The second-order valence-electron chi connectivity index (χ2n) is 7.35. The van der Waals surface area contributed by atoms with Crippen LogP contribution in [0.3, 0.4) is 0 Å². The first-order valence-corrected chi connectivity index (χ1v) is 13.0. The highest BCUT2D eigenvalue weighted by atomic mass is 32.2. The number of amides is 1. The number of carbonyl (C=O) groups excluding carboxylic acids is 1. The quantitative estimate of drug-likeness (QED) is 0.640. The lowest BCUT2D eigenvalue weighted by atomic mass is 10.1. The van der Waals surface area contributed by atoms with E-state index in [4.69, 9.17) is 0 Å². The van der Waals surface area contributed by atoms with Crippen molar-refractivity contribution in [2.75, 3.05) is 16.8 Å². The molecule has 0 aliphatic heterocycles. The van der Waals surface area contributed by atoms with Crippen LogP contribution in [0.15, 0.2) is 53.4 Å². The molecule has 176 valence electrons. The van der Waals surface area contributed by atoms with Crippen LogP contribution >= 0.6 is 0 Å². The third-order valence-electron chi connectivity index (χ3n) is 4.68. The van der Waals surface area contributed by atoms with Gasteiger partial charge in [0.05, 0.1) is 28.4 Å². The van der Waals surface area contributed by atoms with Crippen molar-refractivity contribution in [1.29, 1.82) is 0 Å². The van der Waals surface area contributed by atoms with E-state index in [1.54, 1.807) is 6.92 Å². The molecule has 0 bridgehead atoms. The number of anilines is 1. The Kier molecular flexibility index (Phi) is 7.30. The van der Waals surface area contributed by atoms with Crippen LogP contribution in [0.25, 0.3) is 0 Å².